The van der Waals surface area contributed by atoms with E-state index >= 15 is 0 Å². The highest BCUT2D eigenvalue weighted by atomic mass is 16.5. The molecular weight excluding hydrogens is 428 g/mol. The molecule has 0 radical (unpaired) electrons. The van der Waals surface area contributed by atoms with Gasteiger partial charge in [0.2, 0.25) is 0 Å². The first-order chi connectivity index (χ1) is 16.5. The minimum Gasteiger partial charge on any atom is -0.491 e. The van der Waals surface area contributed by atoms with Crippen LogP contribution in [0.15, 0.2) is 91.6 Å². The van der Waals surface area contributed by atoms with E-state index in [4.69, 9.17) is 9.84 Å². The van der Waals surface area contributed by atoms with E-state index in [1.54, 1.807) is 24.3 Å². The van der Waals surface area contributed by atoms with Crippen LogP contribution in [0.5, 0.6) is 5.75 Å². The zero-order valence-electron chi connectivity index (χ0n) is 18.7. The molecule has 34 heavy (non-hydrogen) atoms. The molecule has 0 spiro atoms. The van der Waals surface area contributed by atoms with Crippen molar-refractivity contribution in [1.29, 1.82) is 0 Å². The zero-order valence-corrected chi connectivity index (χ0v) is 18.7. The Morgan fingerprint density at radius 1 is 0.971 bits per heavy atom. The standard InChI is InChI=1S/C28H26N2O4/c1-20(28(33)29-24-10-5-6-11-26(24)34-17-7-12-27(31)32)22-13-14-25-23(18-22)15-16-30(25)19-21-8-3-2-4-9-21/h2-6,8-11,13-16,18H,1,7,12,17,19H2,(H,29,33)(H,31,32). The zero-order chi connectivity index (χ0) is 23.9. The number of nitrogens with one attached hydrogen (secondary N) is 1. The second kappa shape index (κ2) is 10.5. The van der Waals surface area contributed by atoms with Crippen molar-refractivity contribution < 1.29 is 19.4 Å². The van der Waals surface area contributed by atoms with Gasteiger partial charge in [0, 0.05) is 35.6 Å². The van der Waals surface area contributed by atoms with Crippen molar-refractivity contribution >= 4 is 34.0 Å². The number of anilines is 1. The molecule has 0 aliphatic rings. The molecule has 6 heteroatoms. The molecule has 0 aliphatic carbocycles. The van der Waals surface area contributed by atoms with Gasteiger partial charge < -0.3 is 19.7 Å². The van der Waals surface area contributed by atoms with Gasteiger partial charge in [-0.3, -0.25) is 9.59 Å². The predicted octanol–water partition coefficient (Wildman–Crippen LogP) is 5.59. The van der Waals surface area contributed by atoms with Crippen LogP contribution >= 0.6 is 0 Å². The number of aliphatic carboxylic acids is 1. The number of rotatable bonds is 10. The quantitative estimate of drug-likeness (QED) is 0.242. The molecule has 0 atom stereocenters. The fourth-order valence-corrected chi connectivity index (χ4v) is 3.74. The summed E-state index contributed by atoms with van der Waals surface area (Å²) in [5, 5.41) is 12.7. The van der Waals surface area contributed by atoms with Crippen molar-refractivity contribution in [3.05, 3.63) is 103 Å². The normalized spacial score (nSPS) is 10.7. The maximum absolute atomic E-state index is 12.9. The third kappa shape index (κ3) is 5.53. The van der Waals surface area contributed by atoms with Gasteiger partial charge in [-0.2, -0.15) is 0 Å². The number of carboxylic acid groups (broad SMARTS) is 1. The van der Waals surface area contributed by atoms with Crippen LogP contribution < -0.4 is 10.1 Å². The third-order valence-electron chi connectivity index (χ3n) is 5.52. The molecule has 0 aliphatic heterocycles. The number of carbonyl (C=O) groups is 2. The van der Waals surface area contributed by atoms with E-state index in [2.05, 4.69) is 28.6 Å². The molecule has 3 aromatic carbocycles. The molecule has 1 aromatic heterocycles. The Hall–Kier alpha value is -4.32. The molecule has 0 saturated heterocycles. The van der Waals surface area contributed by atoms with Crippen LogP contribution in [0.4, 0.5) is 5.69 Å². The summed E-state index contributed by atoms with van der Waals surface area (Å²) in [4.78, 5) is 23.6. The van der Waals surface area contributed by atoms with Crippen LogP contribution in [0, 0.1) is 0 Å². The van der Waals surface area contributed by atoms with Crippen molar-refractivity contribution in [2.75, 3.05) is 11.9 Å². The fourth-order valence-electron chi connectivity index (χ4n) is 3.74. The number of carboxylic acids is 1. The second-order valence-corrected chi connectivity index (χ2v) is 7.98. The molecule has 2 N–H and O–H groups in total. The Kier molecular flexibility index (Phi) is 7.08. The molecule has 1 heterocycles. The summed E-state index contributed by atoms with van der Waals surface area (Å²) in [6, 6.07) is 25.2. The Morgan fingerprint density at radius 2 is 1.74 bits per heavy atom. The van der Waals surface area contributed by atoms with Gasteiger partial charge in [0.25, 0.3) is 5.91 Å². The Bertz CT molecular complexity index is 1320. The van der Waals surface area contributed by atoms with Crippen LogP contribution in [0.25, 0.3) is 16.5 Å². The minimum atomic E-state index is -0.867. The summed E-state index contributed by atoms with van der Waals surface area (Å²) in [6.07, 6.45) is 2.46. The molecule has 172 valence electrons. The highest BCUT2D eigenvalue weighted by Gasteiger charge is 2.14. The smallest absolute Gasteiger partial charge is 0.303 e. The molecular formula is C28H26N2O4. The lowest BCUT2D eigenvalue weighted by atomic mass is 10.0. The number of para-hydroxylation sites is 2. The lowest BCUT2D eigenvalue weighted by Gasteiger charge is -2.13. The molecule has 0 fully saturated rings. The largest absolute Gasteiger partial charge is 0.491 e. The van der Waals surface area contributed by atoms with Crippen LogP contribution in [-0.4, -0.2) is 28.2 Å². The van der Waals surface area contributed by atoms with E-state index < -0.39 is 5.97 Å². The lowest BCUT2D eigenvalue weighted by Crippen LogP contribution is -2.14. The van der Waals surface area contributed by atoms with Crippen LogP contribution in [0.2, 0.25) is 0 Å². The Balaban J connectivity index is 1.44. The monoisotopic (exact) mass is 454 g/mol. The van der Waals surface area contributed by atoms with Crippen LogP contribution in [0.3, 0.4) is 0 Å². The number of amides is 1. The summed E-state index contributed by atoms with van der Waals surface area (Å²) in [6.45, 7) is 5.02. The van der Waals surface area contributed by atoms with E-state index in [0.29, 0.717) is 23.4 Å². The first-order valence-corrected chi connectivity index (χ1v) is 11.1. The van der Waals surface area contributed by atoms with Gasteiger partial charge in [-0.1, -0.05) is 55.1 Å². The van der Waals surface area contributed by atoms with Gasteiger partial charge in [0.15, 0.2) is 0 Å². The summed E-state index contributed by atoms with van der Waals surface area (Å²) < 4.78 is 7.85. The Morgan fingerprint density at radius 3 is 2.53 bits per heavy atom. The topological polar surface area (TPSA) is 80.6 Å². The third-order valence-corrected chi connectivity index (χ3v) is 5.52. The highest BCUT2D eigenvalue weighted by molar-refractivity contribution is 6.25. The van der Waals surface area contributed by atoms with E-state index in [-0.39, 0.29) is 18.9 Å². The van der Waals surface area contributed by atoms with Gasteiger partial charge in [0.05, 0.1) is 12.3 Å². The van der Waals surface area contributed by atoms with E-state index in [1.165, 1.54) is 5.56 Å². The lowest BCUT2D eigenvalue weighted by molar-refractivity contribution is -0.137. The average molecular weight is 455 g/mol. The molecule has 6 nitrogen and oxygen atoms in total. The average Bonchev–Trinajstić information content (AvgIpc) is 3.24. The van der Waals surface area contributed by atoms with Crippen LogP contribution in [-0.2, 0) is 16.1 Å². The predicted molar refractivity (Wildman–Crippen MR) is 134 cm³/mol. The summed E-state index contributed by atoms with van der Waals surface area (Å²) in [7, 11) is 0. The van der Waals surface area contributed by atoms with Gasteiger partial charge in [-0.15, -0.1) is 0 Å². The molecule has 4 rings (SSSR count). The summed E-state index contributed by atoms with van der Waals surface area (Å²) in [5.74, 6) is -0.707. The maximum Gasteiger partial charge on any atom is 0.303 e. The second-order valence-electron chi connectivity index (χ2n) is 7.98. The Labute approximate surface area is 198 Å². The fraction of sp³-hybridized carbons (Fsp3) is 0.143. The van der Waals surface area contributed by atoms with E-state index in [9.17, 15) is 9.59 Å². The number of fused-ring (bicyclic) bond motifs is 1. The highest BCUT2D eigenvalue weighted by Crippen LogP contribution is 2.27. The van der Waals surface area contributed by atoms with Gasteiger partial charge in [-0.05, 0) is 47.9 Å². The maximum atomic E-state index is 12.9. The number of hydrogen-bond donors (Lipinski definition) is 2. The van der Waals surface area contributed by atoms with Gasteiger partial charge in [0.1, 0.15) is 5.75 Å². The first kappa shape index (κ1) is 22.9. The molecule has 4 aromatic rings. The minimum absolute atomic E-state index is 0.0287. The van der Waals surface area contributed by atoms with Crippen molar-refractivity contribution in [3.63, 3.8) is 0 Å². The molecule has 0 saturated carbocycles. The van der Waals surface area contributed by atoms with Crippen LogP contribution in [0.1, 0.15) is 24.0 Å². The van der Waals surface area contributed by atoms with Crippen molar-refractivity contribution in [2.24, 2.45) is 0 Å². The number of ether oxygens (including phenoxy) is 1. The number of carbonyl (C=O) groups excluding carboxylic acids is 1. The van der Waals surface area contributed by atoms with Crippen molar-refractivity contribution in [3.8, 4) is 5.75 Å². The molecule has 0 unspecified atom stereocenters. The molecule has 1 amide bonds. The van der Waals surface area contributed by atoms with E-state index in [1.807, 2.05) is 48.7 Å². The van der Waals surface area contributed by atoms with Gasteiger partial charge >= 0.3 is 5.97 Å². The number of aromatic nitrogens is 1. The van der Waals surface area contributed by atoms with Gasteiger partial charge in [-0.25, -0.2) is 0 Å². The SMILES string of the molecule is C=C(C(=O)Nc1ccccc1OCCCC(=O)O)c1ccc2c(ccn2Cc2ccccc2)c1. The molecule has 0 bridgehead atoms. The summed E-state index contributed by atoms with van der Waals surface area (Å²) in [5.41, 5.74) is 3.90. The van der Waals surface area contributed by atoms with Crippen molar-refractivity contribution in [2.45, 2.75) is 19.4 Å². The number of hydrogen-bond acceptors (Lipinski definition) is 3. The summed E-state index contributed by atoms with van der Waals surface area (Å²) >= 11 is 0. The first-order valence-electron chi connectivity index (χ1n) is 11.1. The van der Waals surface area contributed by atoms with E-state index in [0.717, 1.165) is 23.0 Å². The number of benzene rings is 3. The number of nitrogens with zero attached hydrogens (tertiary/aromatic N) is 1. The van der Waals surface area contributed by atoms with Crippen molar-refractivity contribution in [1.82, 2.24) is 4.57 Å².